The monoisotopic (exact) mass is 240 g/mol. The SMILES string of the molecule is C[C@@H](CO)NS(=O)(=O)c1ccccc1C#N. The van der Waals surface area contributed by atoms with E-state index in [0.717, 1.165) is 0 Å². The van der Waals surface area contributed by atoms with Crippen LogP contribution in [0.5, 0.6) is 0 Å². The van der Waals surface area contributed by atoms with Crippen molar-refractivity contribution in [2.45, 2.75) is 17.9 Å². The molecule has 0 saturated carbocycles. The van der Waals surface area contributed by atoms with Crippen molar-refractivity contribution in [1.82, 2.24) is 4.72 Å². The van der Waals surface area contributed by atoms with Gasteiger partial charge in [0, 0.05) is 6.04 Å². The molecule has 1 aromatic carbocycles. The Morgan fingerprint density at radius 3 is 2.69 bits per heavy atom. The standard InChI is InChI=1S/C10H12N2O3S/c1-8(7-13)12-16(14,15)10-5-3-2-4-9(10)6-11/h2-5,8,12-13H,7H2,1H3/t8-/m0/s1. The fourth-order valence-corrected chi connectivity index (χ4v) is 2.55. The lowest BCUT2D eigenvalue weighted by Crippen LogP contribution is -2.35. The Labute approximate surface area is 94.4 Å². The van der Waals surface area contributed by atoms with E-state index in [1.54, 1.807) is 12.1 Å². The number of rotatable bonds is 4. The molecule has 0 radical (unpaired) electrons. The van der Waals surface area contributed by atoms with Crippen molar-refractivity contribution in [2.24, 2.45) is 0 Å². The minimum atomic E-state index is -3.75. The summed E-state index contributed by atoms with van der Waals surface area (Å²) in [7, 11) is -3.75. The molecule has 0 bridgehead atoms. The second kappa shape index (κ2) is 5.07. The van der Waals surface area contributed by atoms with Crippen LogP contribution in [-0.2, 0) is 10.0 Å². The predicted molar refractivity (Wildman–Crippen MR) is 58.0 cm³/mol. The van der Waals surface area contributed by atoms with Gasteiger partial charge in [0.15, 0.2) is 0 Å². The highest BCUT2D eigenvalue weighted by Gasteiger charge is 2.19. The molecule has 0 aromatic heterocycles. The Morgan fingerprint density at radius 1 is 1.50 bits per heavy atom. The maximum atomic E-state index is 11.8. The molecule has 1 rings (SSSR count). The van der Waals surface area contributed by atoms with Gasteiger partial charge in [0.2, 0.25) is 10.0 Å². The van der Waals surface area contributed by atoms with Crippen LogP contribution < -0.4 is 4.72 Å². The fraction of sp³-hybridized carbons (Fsp3) is 0.300. The molecule has 0 aliphatic carbocycles. The Hall–Kier alpha value is -1.42. The summed E-state index contributed by atoms with van der Waals surface area (Å²) in [5.74, 6) is 0. The number of hydrogen-bond donors (Lipinski definition) is 2. The van der Waals surface area contributed by atoms with E-state index in [1.165, 1.54) is 19.1 Å². The zero-order valence-corrected chi connectivity index (χ0v) is 9.53. The third-order valence-corrected chi connectivity index (χ3v) is 3.57. The molecule has 0 aliphatic rings. The molecule has 0 saturated heterocycles. The number of aliphatic hydroxyl groups excluding tert-OH is 1. The number of nitrogens with zero attached hydrogens (tertiary/aromatic N) is 1. The van der Waals surface area contributed by atoms with Gasteiger partial charge in [0.1, 0.15) is 6.07 Å². The fourth-order valence-electron chi connectivity index (χ4n) is 1.16. The zero-order valence-electron chi connectivity index (χ0n) is 8.71. The van der Waals surface area contributed by atoms with Gasteiger partial charge in [-0.15, -0.1) is 0 Å². The highest BCUT2D eigenvalue weighted by Crippen LogP contribution is 2.14. The summed E-state index contributed by atoms with van der Waals surface area (Å²) in [6.45, 7) is 1.24. The van der Waals surface area contributed by atoms with Crippen molar-refractivity contribution in [3.05, 3.63) is 29.8 Å². The molecular weight excluding hydrogens is 228 g/mol. The largest absolute Gasteiger partial charge is 0.395 e. The van der Waals surface area contributed by atoms with Crippen LogP contribution in [0.4, 0.5) is 0 Å². The average molecular weight is 240 g/mol. The molecule has 0 fully saturated rings. The van der Waals surface area contributed by atoms with Gasteiger partial charge >= 0.3 is 0 Å². The van der Waals surface area contributed by atoms with E-state index in [0.29, 0.717) is 0 Å². The lowest BCUT2D eigenvalue weighted by Gasteiger charge is -2.12. The van der Waals surface area contributed by atoms with Crippen molar-refractivity contribution in [3.63, 3.8) is 0 Å². The summed E-state index contributed by atoms with van der Waals surface area (Å²) in [6.07, 6.45) is 0. The number of hydrogen-bond acceptors (Lipinski definition) is 4. The number of sulfonamides is 1. The first-order valence-electron chi connectivity index (χ1n) is 4.63. The van der Waals surface area contributed by atoms with Crippen LogP contribution in [0.1, 0.15) is 12.5 Å². The van der Waals surface area contributed by atoms with E-state index in [9.17, 15) is 8.42 Å². The minimum Gasteiger partial charge on any atom is -0.395 e. The van der Waals surface area contributed by atoms with Crippen molar-refractivity contribution >= 4 is 10.0 Å². The molecule has 0 heterocycles. The van der Waals surface area contributed by atoms with Crippen LogP contribution in [0.3, 0.4) is 0 Å². The molecule has 0 amide bonds. The lowest BCUT2D eigenvalue weighted by atomic mass is 10.2. The van der Waals surface area contributed by atoms with Crippen molar-refractivity contribution in [1.29, 1.82) is 5.26 Å². The van der Waals surface area contributed by atoms with Crippen LogP contribution in [0.25, 0.3) is 0 Å². The molecule has 6 heteroatoms. The third-order valence-electron chi connectivity index (χ3n) is 1.93. The Bertz CT molecular complexity index is 505. The molecule has 5 nitrogen and oxygen atoms in total. The molecule has 2 N–H and O–H groups in total. The van der Waals surface area contributed by atoms with Gasteiger partial charge in [-0.25, -0.2) is 13.1 Å². The molecule has 1 atom stereocenters. The van der Waals surface area contributed by atoms with Crippen molar-refractivity contribution in [3.8, 4) is 6.07 Å². The normalized spacial score (nSPS) is 13.1. The molecular formula is C10H12N2O3S. The predicted octanol–water partition coefficient (Wildman–Crippen LogP) is 0.217. The van der Waals surface area contributed by atoms with Crippen LogP contribution >= 0.6 is 0 Å². The van der Waals surface area contributed by atoms with Crippen molar-refractivity contribution < 1.29 is 13.5 Å². The summed E-state index contributed by atoms with van der Waals surface area (Å²) in [5, 5.41) is 17.6. The van der Waals surface area contributed by atoms with E-state index in [2.05, 4.69) is 4.72 Å². The van der Waals surface area contributed by atoms with Crippen LogP contribution in [0.15, 0.2) is 29.2 Å². The Morgan fingerprint density at radius 2 is 2.12 bits per heavy atom. The topological polar surface area (TPSA) is 90.2 Å². The second-order valence-corrected chi connectivity index (χ2v) is 5.00. The zero-order chi connectivity index (χ0) is 12.2. The van der Waals surface area contributed by atoms with E-state index in [4.69, 9.17) is 10.4 Å². The Balaban J connectivity index is 3.13. The Kier molecular flexibility index (Phi) is 4.01. The molecule has 16 heavy (non-hydrogen) atoms. The summed E-state index contributed by atoms with van der Waals surface area (Å²) in [4.78, 5) is -0.0715. The van der Waals surface area contributed by atoms with E-state index >= 15 is 0 Å². The van der Waals surface area contributed by atoms with Crippen LogP contribution in [0, 0.1) is 11.3 Å². The molecule has 1 aromatic rings. The van der Waals surface area contributed by atoms with Gasteiger partial charge in [0.25, 0.3) is 0 Å². The number of benzene rings is 1. The minimum absolute atomic E-state index is 0.0715. The highest BCUT2D eigenvalue weighted by molar-refractivity contribution is 7.89. The summed E-state index contributed by atoms with van der Waals surface area (Å²) < 4.78 is 25.9. The maximum Gasteiger partial charge on any atom is 0.242 e. The first-order valence-corrected chi connectivity index (χ1v) is 6.12. The van der Waals surface area contributed by atoms with E-state index in [1.807, 2.05) is 6.07 Å². The maximum absolute atomic E-state index is 11.8. The molecule has 86 valence electrons. The molecule has 0 spiro atoms. The first kappa shape index (κ1) is 12.6. The van der Waals surface area contributed by atoms with E-state index < -0.39 is 16.1 Å². The van der Waals surface area contributed by atoms with Gasteiger partial charge in [-0.2, -0.15) is 5.26 Å². The summed E-state index contributed by atoms with van der Waals surface area (Å²) in [5.41, 5.74) is 0.0835. The third kappa shape index (κ3) is 2.79. The van der Waals surface area contributed by atoms with Gasteiger partial charge in [-0.1, -0.05) is 12.1 Å². The molecule has 0 aliphatic heterocycles. The molecule has 0 unspecified atom stereocenters. The van der Waals surface area contributed by atoms with Gasteiger partial charge in [-0.3, -0.25) is 0 Å². The van der Waals surface area contributed by atoms with Gasteiger partial charge < -0.3 is 5.11 Å². The van der Waals surface area contributed by atoms with E-state index in [-0.39, 0.29) is 17.1 Å². The smallest absolute Gasteiger partial charge is 0.242 e. The van der Waals surface area contributed by atoms with Gasteiger partial charge in [-0.05, 0) is 19.1 Å². The van der Waals surface area contributed by atoms with Gasteiger partial charge in [0.05, 0.1) is 17.1 Å². The number of nitrogens with one attached hydrogen (secondary N) is 1. The number of aliphatic hydroxyl groups is 1. The first-order chi connectivity index (χ1) is 7.51. The highest BCUT2D eigenvalue weighted by atomic mass is 32.2. The lowest BCUT2D eigenvalue weighted by molar-refractivity contribution is 0.265. The average Bonchev–Trinajstić information content (AvgIpc) is 2.28. The van der Waals surface area contributed by atoms with Crippen molar-refractivity contribution in [2.75, 3.05) is 6.61 Å². The summed E-state index contributed by atoms with van der Waals surface area (Å²) >= 11 is 0. The van der Waals surface area contributed by atoms with Crippen LogP contribution in [-0.4, -0.2) is 26.2 Å². The number of nitriles is 1. The summed E-state index contributed by atoms with van der Waals surface area (Å²) in [6, 6.07) is 7.14. The second-order valence-electron chi connectivity index (χ2n) is 3.31. The quantitative estimate of drug-likeness (QED) is 0.787. The van der Waals surface area contributed by atoms with Crippen LogP contribution in [0.2, 0.25) is 0 Å².